The first-order valence-corrected chi connectivity index (χ1v) is 8.38. The van der Waals surface area contributed by atoms with Crippen LogP contribution in [-0.2, 0) is 4.74 Å². The molecule has 20 heavy (non-hydrogen) atoms. The summed E-state index contributed by atoms with van der Waals surface area (Å²) < 4.78 is 26.9. The molecule has 0 aromatic rings. The average Bonchev–Trinajstić information content (AvgIpc) is 2.50. The van der Waals surface area contributed by atoms with Crippen LogP contribution in [0.3, 0.4) is 0 Å². The maximum absolute atomic E-state index is 12.2. The fourth-order valence-corrected chi connectivity index (χ4v) is 4.13. The predicted molar refractivity (Wildman–Crippen MR) is 80.2 cm³/mol. The van der Waals surface area contributed by atoms with E-state index in [9.17, 15) is 8.78 Å². The van der Waals surface area contributed by atoms with Crippen LogP contribution in [0.2, 0.25) is 0 Å². The lowest BCUT2D eigenvalue weighted by Gasteiger charge is -2.42. The number of alkyl halides is 2. The van der Waals surface area contributed by atoms with Crippen molar-refractivity contribution in [3.63, 3.8) is 0 Å². The molecule has 0 saturated heterocycles. The molecule has 4 atom stereocenters. The van der Waals surface area contributed by atoms with E-state index in [1.54, 1.807) is 0 Å². The van der Waals surface area contributed by atoms with Gasteiger partial charge in [-0.3, -0.25) is 4.39 Å². The molecule has 4 unspecified atom stereocenters. The molecule has 2 saturated carbocycles. The third kappa shape index (κ3) is 5.67. The average molecular weight is 290 g/mol. The van der Waals surface area contributed by atoms with E-state index in [0.29, 0.717) is 7.18 Å². The SMILES string of the molecule is CCCCCC1CCC2CC(OCF)CCC2C1.CF. The predicted octanol–water partition coefficient (Wildman–Crippen LogP) is 5.68. The van der Waals surface area contributed by atoms with Crippen molar-refractivity contribution in [1.29, 1.82) is 0 Å². The second-order valence-electron chi connectivity index (χ2n) is 6.41. The Kier molecular flexibility index (Phi) is 9.41. The van der Waals surface area contributed by atoms with Gasteiger partial charge in [0.15, 0.2) is 6.86 Å². The Bertz CT molecular complexity index is 235. The summed E-state index contributed by atoms with van der Waals surface area (Å²) in [5.41, 5.74) is 0. The summed E-state index contributed by atoms with van der Waals surface area (Å²) in [4.78, 5) is 0. The summed E-state index contributed by atoms with van der Waals surface area (Å²) in [6.45, 7) is 1.69. The fraction of sp³-hybridized carbons (Fsp3) is 1.00. The topological polar surface area (TPSA) is 9.23 Å². The van der Waals surface area contributed by atoms with Crippen molar-refractivity contribution < 1.29 is 13.5 Å². The lowest BCUT2D eigenvalue weighted by atomic mass is 9.66. The summed E-state index contributed by atoms with van der Waals surface area (Å²) in [6.07, 6.45) is 13.5. The second kappa shape index (κ2) is 10.5. The summed E-state index contributed by atoms with van der Waals surface area (Å²) in [6, 6.07) is 0. The Hall–Kier alpha value is -0.180. The van der Waals surface area contributed by atoms with Crippen LogP contribution in [-0.4, -0.2) is 20.1 Å². The van der Waals surface area contributed by atoms with Crippen LogP contribution in [0.5, 0.6) is 0 Å². The number of fused-ring (bicyclic) bond motifs is 1. The minimum atomic E-state index is -0.596. The summed E-state index contributed by atoms with van der Waals surface area (Å²) in [7, 11) is 0.500. The second-order valence-corrected chi connectivity index (χ2v) is 6.41. The molecule has 0 spiro atoms. The van der Waals surface area contributed by atoms with Crippen LogP contribution in [0.1, 0.15) is 71.1 Å². The van der Waals surface area contributed by atoms with Gasteiger partial charge in [0.1, 0.15) is 0 Å². The molecule has 3 heteroatoms. The molecule has 0 N–H and O–H groups in total. The van der Waals surface area contributed by atoms with Gasteiger partial charge in [0, 0.05) is 0 Å². The molecule has 0 aromatic carbocycles. The first-order chi connectivity index (χ1) is 9.83. The highest BCUT2D eigenvalue weighted by Gasteiger charge is 2.35. The minimum absolute atomic E-state index is 0.216. The molecule has 2 aliphatic rings. The standard InChI is InChI=1S/C16H29FO.CH3F/c1-2-3-4-5-13-6-7-15-11-16(18-12-17)9-8-14(15)10-13;1-2/h13-16H,2-12H2,1H3;1H3. The summed E-state index contributed by atoms with van der Waals surface area (Å²) in [5, 5.41) is 0. The highest BCUT2D eigenvalue weighted by atomic mass is 19.1. The Morgan fingerprint density at radius 2 is 1.65 bits per heavy atom. The minimum Gasteiger partial charge on any atom is -0.347 e. The first kappa shape index (κ1) is 17.9. The van der Waals surface area contributed by atoms with Gasteiger partial charge < -0.3 is 4.74 Å². The van der Waals surface area contributed by atoms with Crippen LogP contribution in [0.15, 0.2) is 0 Å². The lowest BCUT2D eigenvalue weighted by Crippen LogP contribution is -2.34. The van der Waals surface area contributed by atoms with Gasteiger partial charge in [0.25, 0.3) is 0 Å². The summed E-state index contributed by atoms with van der Waals surface area (Å²) in [5.74, 6) is 2.74. The molecule has 0 radical (unpaired) electrons. The van der Waals surface area contributed by atoms with Gasteiger partial charge in [-0.1, -0.05) is 39.0 Å². The van der Waals surface area contributed by atoms with E-state index in [4.69, 9.17) is 4.74 Å². The molecule has 0 aliphatic heterocycles. The van der Waals surface area contributed by atoms with Gasteiger partial charge in [0.2, 0.25) is 0 Å². The van der Waals surface area contributed by atoms with Crippen molar-refractivity contribution in [3.05, 3.63) is 0 Å². The van der Waals surface area contributed by atoms with Crippen molar-refractivity contribution in [2.24, 2.45) is 17.8 Å². The Morgan fingerprint density at radius 3 is 2.35 bits per heavy atom. The van der Waals surface area contributed by atoms with Gasteiger partial charge >= 0.3 is 0 Å². The highest BCUT2D eigenvalue weighted by molar-refractivity contribution is 4.86. The normalized spacial score (nSPS) is 33.0. The van der Waals surface area contributed by atoms with E-state index in [1.807, 2.05) is 0 Å². The van der Waals surface area contributed by atoms with Gasteiger partial charge in [-0.15, -0.1) is 0 Å². The van der Waals surface area contributed by atoms with Gasteiger partial charge in [-0.25, -0.2) is 4.39 Å². The Labute approximate surface area is 123 Å². The van der Waals surface area contributed by atoms with E-state index in [0.717, 1.165) is 30.6 Å². The maximum Gasteiger partial charge on any atom is 0.188 e. The van der Waals surface area contributed by atoms with Crippen molar-refractivity contribution in [1.82, 2.24) is 0 Å². The fourth-order valence-electron chi connectivity index (χ4n) is 4.13. The molecule has 0 amide bonds. The zero-order valence-electron chi connectivity index (χ0n) is 13.3. The van der Waals surface area contributed by atoms with E-state index >= 15 is 0 Å². The maximum atomic E-state index is 12.2. The van der Waals surface area contributed by atoms with E-state index in [-0.39, 0.29) is 6.10 Å². The van der Waals surface area contributed by atoms with E-state index < -0.39 is 6.86 Å². The van der Waals surface area contributed by atoms with Crippen LogP contribution >= 0.6 is 0 Å². The molecule has 2 fully saturated rings. The molecule has 1 nitrogen and oxygen atoms in total. The number of ether oxygens (including phenoxy) is 1. The Morgan fingerprint density at radius 1 is 0.950 bits per heavy atom. The van der Waals surface area contributed by atoms with Gasteiger partial charge in [0.05, 0.1) is 13.3 Å². The lowest BCUT2D eigenvalue weighted by molar-refractivity contribution is -0.0533. The van der Waals surface area contributed by atoms with Gasteiger partial charge in [-0.05, 0) is 49.9 Å². The third-order valence-electron chi connectivity index (χ3n) is 5.19. The molecular weight excluding hydrogens is 258 g/mol. The third-order valence-corrected chi connectivity index (χ3v) is 5.19. The monoisotopic (exact) mass is 290 g/mol. The van der Waals surface area contributed by atoms with E-state index in [1.165, 1.54) is 51.4 Å². The molecular formula is C17H32F2O. The van der Waals surface area contributed by atoms with Crippen LogP contribution in [0.25, 0.3) is 0 Å². The molecule has 0 aromatic heterocycles. The molecule has 2 aliphatic carbocycles. The summed E-state index contributed by atoms with van der Waals surface area (Å²) >= 11 is 0. The zero-order valence-corrected chi connectivity index (χ0v) is 13.3. The quantitative estimate of drug-likeness (QED) is 0.572. The van der Waals surface area contributed by atoms with Crippen LogP contribution in [0, 0.1) is 17.8 Å². The van der Waals surface area contributed by atoms with Crippen molar-refractivity contribution in [3.8, 4) is 0 Å². The van der Waals surface area contributed by atoms with Crippen molar-refractivity contribution in [2.45, 2.75) is 77.2 Å². The zero-order chi connectivity index (χ0) is 14.8. The molecule has 0 bridgehead atoms. The van der Waals surface area contributed by atoms with Crippen molar-refractivity contribution in [2.75, 3.05) is 14.0 Å². The highest BCUT2D eigenvalue weighted by Crippen LogP contribution is 2.44. The van der Waals surface area contributed by atoms with E-state index in [2.05, 4.69) is 6.92 Å². The first-order valence-electron chi connectivity index (χ1n) is 8.38. The molecule has 120 valence electrons. The molecule has 0 heterocycles. The number of halogens is 2. The van der Waals surface area contributed by atoms with Crippen LogP contribution in [0.4, 0.5) is 8.78 Å². The molecule has 2 rings (SSSR count). The number of hydrogen-bond donors (Lipinski definition) is 0. The number of hydrogen-bond acceptors (Lipinski definition) is 1. The van der Waals surface area contributed by atoms with Gasteiger partial charge in [-0.2, -0.15) is 0 Å². The largest absolute Gasteiger partial charge is 0.347 e. The number of rotatable bonds is 6. The number of unbranched alkanes of at least 4 members (excludes halogenated alkanes) is 2. The Balaban J connectivity index is 0.000000956. The van der Waals surface area contributed by atoms with Crippen molar-refractivity contribution >= 4 is 0 Å². The van der Waals surface area contributed by atoms with Crippen LogP contribution < -0.4 is 0 Å². The smallest absolute Gasteiger partial charge is 0.188 e.